The first-order chi connectivity index (χ1) is 7.31. The van der Waals surface area contributed by atoms with Crippen molar-refractivity contribution in [3.63, 3.8) is 0 Å². The molecule has 0 amide bonds. The maximum Gasteiger partial charge on any atom is 0.104 e. The van der Waals surface area contributed by atoms with Gasteiger partial charge in [-0.3, -0.25) is 0 Å². The van der Waals surface area contributed by atoms with Gasteiger partial charge in [0.2, 0.25) is 0 Å². The fourth-order valence-corrected chi connectivity index (χ4v) is 1.59. The summed E-state index contributed by atoms with van der Waals surface area (Å²) in [6.45, 7) is 2.08. The molecule has 0 aliphatic carbocycles. The molecule has 1 aromatic carbocycles. The van der Waals surface area contributed by atoms with Crippen LogP contribution in [0.15, 0.2) is 30.5 Å². The molecular weight excluding hydrogens is 188 g/mol. The number of aryl methyl sites for hydroxylation is 1. The van der Waals surface area contributed by atoms with E-state index in [2.05, 4.69) is 51.9 Å². The Balaban J connectivity index is 2.31. The molecule has 0 bridgehead atoms. The Hall–Kier alpha value is -1.68. The monoisotopic (exact) mass is 202 g/mol. The minimum Gasteiger partial charge on any atom is -0.308 e. The lowest BCUT2D eigenvalue weighted by atomic mass is 10.0. The highest BCUT2D eigenvalue weighted by Crippen LogP contribution is 2.19. The average molecular weight is 202 g/mol. The summed E-state index contributed by atoms with van der Waals surface area (Å²) in [6.07, 6.45) is 1.74. The molecular formula is C11H14N4. The maximum atomic E-state index is 4.09. The Bertz CT molecular complexity index is 405. The van der Waals surface area contributed by atoms with E-state index in [0.717, 1.165) is 5.69 Å². The van der Waals surface area contributed by atoms with Crippen molar-refractivity contribution in [3.8, 4) is 0 Å². The van der Waals surface area contributed by atoms with Crippen LogP contribution >= 0.6 is 0 Å². The predicted molar refractivity (Wildman–Crippen MR) is 58.5 cm³/mol. The lowest BCUT2D eigenvalue weighted by molar-refractivity contribution is 0.667. The van der Waals surface area contributed by atoms with E-state index in [0.29, 0.717) is 0 Å². The van der Waals surface area contributed by atoms with Crippen LogP contribution in [0.4, 0.5) is 0 Å². The summed E-state index contributed by atoms with van der Waals surface area (Å²) in [6, 6.07) is 8.50. The molecule has 0 radical (unpaired) electrons. The van der Waals surface area contributed by atoms with Crippen LogP contribution in [0.5, 0.6) is 0 Å². The number of rotatable bonds is 3. The number of benzene rings is 1. The number of hydrogen-bond donors (Lipinski definition) is 2. The molecule has 2 rings (SSSR count). The van der Waals surface area contributed by atoms with Gasteiger partial charge in [-0.15, -0.1) is 0 Å². The Labute approximate surface area is 88.7 Å². The molecule has 78 valence electrons. The number of H-pyrrole nitrogens is 1. The summed E-state index contributed by atoms with van der Waals surface area (Å²) in [7, 11) is 1.92. The van der Waals surface area contributed by atoms with Crippen LogP contribution in [0.3, 0.4) is 0 Å². The zero-order valence-corrected chi connectivity index (χ0v) is 8.86. The molecule has 0 saturated carbocycles. The molecule has 2 aromatic rings. The fourth-order valence-electron chi connectivity index (χ4n) is 1.59. The van der Waals surface area contributed by atoms with E-state index in [1.807, 2.05) is 7.05 Å². The van der Waals surface area contributed by atoms with Gasteiger partial charge in [-0.2, -0.15) is 15.4 Å². The van der Waals surface area contributed by atoms with Crippen LogP contribution in [-0.2, 0) is 0 Å². The molecule has 1 atom stereocenters. The third-order valence-electron chi connectivity index (χ3n) is 2.43. The first-order valence-corrected chi connectivity index (χ1v) is 4.91. The van der Waals surface area contributed by atoms with Crippen LogP contribution in [0.25, 0.3) is 0 Å². The molecule has 0 spiro atoms. The number of aromatic amines is 1. The van der Waals surface area contributed by atoms with Crippen molar-refractivity contribution in [2.45, 2.75) is 13.0 Å². The number of nitrogens with one attached hydrogen (secondary N) is 2. The second-order valence-electron chi connectivity index (χ2n) is 3.53. The van der Waals surface area contributed by atoms with Crippen molar-refractivity contribution >= 4 is 0 Å². The number of aromatic nitrogens is 3. The SMILES string of the molecule is CN[C@H](c1ccc(C)cc1)c1cn[nH]n1. The van der Waals surface area contributed by atoms with Crippen molar-refractivity contribution in [2.75, 3.05) is 7.05 Å². The zero-order chi connectivity index (χ0) is 10.7. The number of nitrogens with zero attached hydrogens (tertiary/aromatic N) is 2. The van der Waals surface area contributed by atoms with E-state index in [9.17, 15) is 0 Å². The van der Waals surface area contributed by atoms with Crippen molar-refractivity contribution < 1.29 is 0 Å². The largest absolute Gasteiger partial charge is 0.308 e. The van der Waals surface area contributed by atoms with Crippen molar-refractivity contribution in [1.82, 2.24) is 20.7 Å². The van der Waals surface area contributed by atoms with Gasteiger partial charge in [0.1, 0.15) is 5.69 Å². The first kappa shape index (κ1) is 9.86. The normalized spacial score (nSPS) is 12.7. The molecule has 0 unspecified atom stereocenters. The molecule has 1 heterocycles. The molecule has 4 nitrogen and oxygen atoms in total. The quantitative estimate of drug-likeness (QED) is 0.791. The van der Waals surface area contributed by atoms with Crippen LogP contribution in [0.1, 0.15) is 22.9 Å². The van der Waals surface area contributed by atoms with Crippen LogP contribution < -0.4 is 5.32 Å². The van der Waals surface area contributed by atoms with E-state index in [4.69, 9.17) is 0 Å². The lowest BCUT2D eigenvalue weighted by Crippen LogP contribution is -2.18. The van der Waals surface area contributed by atoms with Crippen molar-refractivity contribution in [2.24, 2.45) is 0 Å². The highest BCUT2D eigenvalue weighted by atomic mass is 15.3. The van der Waals surface area contributed by atoms with Gasteiger partial charge in [-0.1, -0.05) is 29.8 Å². The minimum absolute atomic E-state index is 0.101. The van der Waals surface area contributed by atoms with Gasteiger partial charge in [0.25, 0.3) is 0 Å². The predicted octanol–water partition coefficient (Wildman–Crippen LogP) is 1.42. The lowest BCUT2D eigenvalue weighted by Gasteiger charge is -2.13. The smallest absolute Gasteiger partial charge is 0.104 e. The molecule has 4 heteroatoms. The molecule has 0 fully saturated rings. The average Bonchev–Trinajstić information content (AvgIpc) is 2.75. The zero-order valence-electron chi connectivity index (χ0n) is 8.86. The third-order valence-corrected chi connectivity index (χ3v) is 2.43. The summed E-state index contributed by atoms with van der Waals surface area (Å²) in [5.74, 6) is 0. The summed E-state index contributed by atoms with van der Waals surface area (Å²) in [4.78, 5) is 0. The number of hydrogen-bond acceptors (Lipinski definition) is 3. The standard InChI is InChI=1S/C11H14N4/c1-8-3-5-9(6-4-8)11(12-2)10-7-13-15-14-10/h3-7,11-12H,1-2H3,(H,13,14,15)/t11-/m1/s1. The molecule has 0 saturated heterocycles. The second-order valence-corrected chi connectivity index (χ2v) is 3.53. The molecule has 0 aliphatic rings. The van der Waals surface area contributed by atoms with Gasteiger partial charge in [0.05, 0.1) is 12.2 Å². The minimum atomic E-state index is 0.101. The third kappa shape index (κ3) is 2.05. The fraction of sp³-hybridized carbons (Fsp3) is 0.273. The Kier molecular flexibility index (Phi) is 2.78. The molecule has 0 aliphatic heterocycles. The van der Waals surface area contributed by atoms with E-state index in [1.54, 1.807) is 6.20 Å². The summed E-state index contributed by atoms with van der Waals surface area (Å²) < 4.78 is 0. The van der Waals surface area contributed by atoms with E-state index in [-0.39, 0.29) is 6.04 Å². The van der Waals surface area contributed by atoms with E-state index < -0.39 is 0 Å². The van der Waals surface area contributed by atoms with Crippen molar-refractivity contribution in [1.29, 1.82) is 0 Å². The summed E-state index contributed by atoms with van der Waals surface area (Å²) in [5.41, 5.74) is 3.35. The van der Waals surface area contributed by atoms with E-state index in [1.165, 1.54) is 11.1 Å². The topological polar surface area (TPSA) is 53.6 Å². The van der Waals surface area contributed by atoms with Gasteiger partial charge in [-0.05, 0) is 19.5 Å². The van der Waals surface area contributed by atoms with Gasteiger partial charge >= 0.3 is 0 Å². The maximum absolute atomic E-state index is 4.09. The van der Waals surface area contributed by atoms with Crippen LogP contribution in [0, 0.1) is 6.92 Å². The highest BCUT2D eigenvalue weighted by molar-refractivity contribution is 5.28. The van der Waals surface area contributed by atoms with Gasteiger partial charge in [0, 0.05) is 0 Å². The van der Waals surface area contributed by atoms with E-state index >= 15 is 0 Å². The Morgan fingerprint density at radius 3 is 2.53 bits per heavy atom. The molecule has 2 N–H and O–H groups in total. The summed E-state index contributed by atoms with van der Waals surface area (Å²) in [5, 5.41) is 13.7. The van der Waals surface area contributed by atoms with Gasteiger partial charge in [0.15, 0.2) is 0 Å². The first-order valence-electron chi connectivity index (χ1n) is 4.91. The van der Waals surface area contributed by atoms with Gasteiger partial charge < -0.3 is 5.32 Å². The van der Waals surface area contributed by atoms with Crippen LogP contribution in [0.2, 0.25) is 0 Å². The summed E-state index contributed by atoms with van der Waals surface area (Å²) >= 11 is 0. The second kappa shape index (κ2) is 4.23. The highest BCUT2D eigenvalue weighted by Gasteiger charge is 2.13. The Morgan fingerprint density at radius 1 is 1.27 bits per heavy atom. The molecule has 1 aromatic heterocycles. The Morgan fingerprint density at radius 2 is 2.00 bits per heavy atom. The van der Waals surface area contributed by atoms with Crippen LogP contribution in [-0.4, -0.2) is 22.5 Å². The van der Waals surface area contributed by atoms with Gasteiger partial charge in [-0.25, -0.2) is 0 Å². The molecule has 15 heavy (non-hydrogen) atoms. The van der Waals surface area contributed by atoms with Crippen molar-refractivity contribution in [3.05, 3.63) is 47.3 Å².